The summed E-state index contributed by atoms with van der Waals surface area (Å²) in [5.74, 6) is 1.40. The lowest BCUT2D eigenvalue weighted by Gasteiger charge is -2.25. The molecule has 0 spiro atoms. The maximum absolute atomic E-state index is 5.96. The van der Waals surface area contributed by atoms with Gasteiger partial charge in [-0.05, 0) is 36.4 Å². The lowest BCUT2D eigenvalue weighted by atomic mass is 9.85. The fourth-order valence-corrected chi connectivity index (χ4v) is 2.89. The summed E-state index contributed by atoms with van der Waals surface area (Å²) in [5.41, 5.74) is 7.98. The van der Waals surface area contributed by atoms with E-state index in [0.717, 1.165) is 28.6 Å². The molecule has 0 unspecified atom stereocenters. The van der Waals surface area contributed by atoms with E-state index in [4.69, 9.17) is 5.73 Å². The Labute approximate surface area is 110 Å². The van der Waals surface area contributed by atoms with Gasteiger partial charge in [0.25, 0.3) is 0 Å². The molecule has 2 heterocycles. The molecule has 2 aromatic rings. The van der Waals surface area contributed by atoms with Crippen molar-refractivity contribution >= 4 is 22.4 Å². The Morgan fingerprint density at radius 1 is 1.44 bits per heavy atom. The van der Waals surface area contributed by atoms with Crippen LogP contribution in [0.2, 0.25) is 0 Å². The first-order valence-corrected chi connectivity index (χ1v) is 7.01. The van der Waals surface area contributed by atoms with Crippen LogP contribution in [-0.4, -0.2) is 15.9 Å². The van der Waals surface area contributed by atoms with Crippen molar-refractivity contribution in [2.24, 2.45) is 5.92 Å². The SMILES string of the molecule is Nc1nsc(NCC2CCC2)c1-c1cccnc1. The summed E-state index contributed by atoms with van der Waals surface area (Å²) < 4.78 is 4.24. The Kier molecular flexibility index (Phi) is 3.15. The molecule has 5 heteroatoms. The molecule has 1 aliphatic rings. The molecule has 2 aromatic heterocycles. The summed E-state index contributed by atoms with van der Waals surface area (Å²) >= 11 is 1.43. The monoisotopic (exact) mass is 260 g/mol. The van der Waals surface area contributed by atoms with Crippen LogP contribution in [0.4, 0.5) is 10.8 Å². The molecule has 0 saturated heterocycles. The predicted molar refractivity (Wildman–Crippen MR) is 75.6 cm³/mol. The Bertz CT molecular complexity index is 519. The number of nitrogens with two attached hydrogens (primary N) is 1. The van der Waals surface area contributed by atoms with Crippen LogP contribution in [0.5, 0.6) is 0 Å². The topological polar surface area (TPSA) is 63.8 Å². The number of hydrogen-bond donors (Lipinski definition) is 2. The zero-order valence-electron chi connectivity index (χ0n) is 10.1. The summed E-state index contributed by atoms with van der Waals surface area (Å²) in [7, 11) is 0. The van der Waals surface area contributed by atoms with Crippen molar-refractivity contribution < 1.29 is 0 Å². The first kappa shape index (κ1) is 11.5. The molecule has 94 valence electrons. The second kappa shape index (κ2) is 4.94. The zero-order valence-corrected chi connectivity index (χ0v) is 10.9. The number of nitrogen functional groups attached to an aromatic ring is 1. The maximum atomic E-state index is 5.96. The van der Waals surface area contributed by atoms with Gasteiger partial charge in [-0.1, -0.05) is 12.5 Å². The lowest BCUT2D eigenvalue weighted by molar-refractivity contribution is 0.333. The highest BCUT2D eigenvalue weighted by Crippen LogP contribution is 2.37. The number of anilines is 2. The third-order valence-corrected chi connectivity index (χ3v) is 4.26. The number of nitrogens with zero attached hydrogens (tertiary/aromatic N) is 2. The Balaban J connectivity index is 1.82. The standard InChI is InChI=1S/C13H16N4S/c14-12-11(10-5-2-6-15-8-10)13(18-17-12)16-7-9-3-1-4-9/h2,5-6,8-9,16H,1,3-4,7H2,(H2,14,17). The zero-order chi connectivity index (χ0) is 12.4. The van der Waals surface area contributed by atoms with E-state index in [0.29, 0.717) is 5.82 Å². The van der Waals surface area contributed by atoms with Crippen LogP contribution in [0.15, 0.2) is 24.5 Å². The van der Waals surface area contributed by atoms with Gasteiger partial charge in [0.05, 0.1) is 5.56 Å². The molecule has 0 aromatic carbocycles. The molecule has 18 heavy (non-hydrogen) atoms. The average Bonchev–Trinajstić information content (AvgIpc) is 2.70. The quantitative estimate of drug-likeness (QED) is 0.887. The molecule has 3 N–H and O–H groups in total. The van der Waals surface area contributed by atoms with E-state index in [-0.39, 0.29) is 0 Å². The number of hydrogen-bond acceptors (Lipinski definition) is 5. The van der Waals surface area contributed by atoms with Crippen molar-refractivity contribution in [1.29, 1.82) is 0 Å². The minimum atomic E-state index is 0.587. The molecular formula is C13H16N4S. The molecule has 4 nitrogen and oxygen atoms in total. The van der Waals surface area contributed by atoms with Gasteiger partial charge < -0.3 is 11.1 Å². The van der Waals surface area contributed by atoms with Gasteiger partial charge in [-0.2, -0.15) is 4.37 Å². The van der Waals surface area contributed by atoms with Crippen molar-refractivity contribution in [2.45, 2.75) is 19.3 Å². The summed E-state index contributed by atoms with van der Waals surface area (Å²) in [5, 5.41) is 4.55. The smallest absolute Gasteiger partial charge is 0.147 e. The number of aromatic nitrogens is 2. The molecular weight excluding hydrogens is 244 g/mol. The normalized spacial score (nSPS) is 15.3. The van der Waals surface area contributed by atoms with Crippen LogP contribution >= 0.6 is 11.5 Å². The van der Waals surface area contributed by atoms with E-state index in [1.54, 1.807) is 6.20 Å². The molecule has 0 amide bonds. The summed E-state index contributed by atoms with van der Waals surface area (Å²) in [4.78, 5) is 4.14. The fourth-order valence-electron chi connectivity index (χ4n) is 2.15. The van der Waals surface area contributed by atoms with Crippen LogP contribution < -0.4 is 11.1 Å². The minimum Gasteiger partial charge on any atom is -0.382 e. The molecule has 1 saturated carbocycles. The maximum Gasteiger partial charge on any atom is 0.147 e. The van der Waals surface area contributed by atoms with Crippen LogP contribution in [0, 0.1) is 5.92 Å². The van der Waals surface area contributed by atoms with Gasteiger partial charge in [-0.25, -0.2) is 0 Å². The molecule has 0 atom stereocenters. The number of nitrogens with one attached hydrogen (secondary N) is 1. The first-order chi connectivity index (χ1) is 8.84. The van der Waals surface area contributed by atoms with Gasteiger partial charge in [-0.15, -0.1) is 0 Å². The highest BCUT2D eigenvalue weighted by atomic mass is 32.1. The Morgan fingerprint density at radius 2 is 2.33 bits per heavy atom. The van der Waals surface area contributed by atoms with Crippen molar-refractivity contribution in [1.82, 2.24) is 9.36 Å². The first-order valence-electron chi connectivity index (χ1n) is 6.24. The largest absolute Gasteiger partial charge is 0.382 e. The van der Waals surface area contributed by atoms with E-state index >= 15 is 0 Å². The molecule has 0 bridgehead atoms. The highest BCUT2D eigenvalue weighted by Gasteiger charge is 2.19. The summed E-state index contributed by atoms with van der Waals surface area (Å²) in [6.07, 6.45) is 7.63. The van der Waals surface area contributed by atoms with E-state index in [9.17, 15) is 0 Å². The molecule has 0 aliphatic heterocycles. The van der Waals surface area contributed by atoms with Crippen molar-refractivity contribution in [3.05, 3.63) is 24.5 Å². The predicted octanol–water partition coefficient (Wildman–Crippen LogP) is 3.00. The van der Waals surface area contributed by atoms with Gasteiger partial charge in [-0.3, -0.25) is 4.98 Å². The average molecular weight is 260 g/mol. The molecule has 1 fully saturated rings. The van der Waals surface area contributed by atoms with Crippen molar-refractivity contribution in [3.8, 4) is 11.1 Å². The minimum absolute atomic E-state index is 0.587. The number of rotatable bonds is 4. The van der Waals surface area contributed by atoms with Crippen LogP contribution in [0.25, 0.3) is 11.1 Å². The van der Waals surface area contributed by atoms with Gasteiger partial charge >= 0.3 is 0 Å². The summed E-state index contributed by atoms with van der Waals surface area (Å²) in [6, 6.07) is 3.93. The van der Waals surface area contributed by atoms with Crippen LogP contribution in [-0.2, 0) is 0 Å². The fraction of sp³-hybridized carbons (Fsp3) is 0.385. The van der Waals surface area contributed by atoms with Gasteiger partial charge in [0.15, 0.2) is 0 Å². The van der Waals surface area contributed by atoms with Crippen LogP contribution in [0.1, 0.15) is 19.3 Å². The second-order valence-corrected chi connectivity index (χ2v) is 5.46. The van der Waals surface area contributed by atoms with Gasteiger partial charge in [0, 0.05) is 24.5 Å². The highest BCUT2D eigenvalue weighted by molar-refractivity contribution is 7.11. The third-order valence-electron chi connectivity index (χ3n) is 3.44. The summed E-state index contributed by atoms with van der Waals surface area (Å²) in [6.45, 7) is 1.02. The molecule has 1 aliphatic carbocycles. The Hall–Kier alpha value is -1.62. The molecule has 0 radical (unpaired) electrons. The van der Waals surface area contributed by atoms with Crippen molar-refractivity contribution in [3.63, 3.8) is 0 Å². The van der Waals surface area contributed by atoms with Gasteiger partial charge in [0.1, 0.15) is 10.8 Å². The second-order valence-electron chi connectivity index (χ2n) is 4.69. The molecule has 3 rings (SSSR count). The van der Waals surface area contributed by atoms with E-state index in [1.165, 1.54) is 30.8 Å². The third kappa shape index (κ3) is 2.18. The van der Waals surface area contributed by atoms with Crippen LogP contribution in [0.3, 0.4) is 0 Å². The van der Waals surface area contributed by atoms with Gasteiger partial charge in [0.2, 0.25) is 0 Å². The van der Waals surface area contributed by atoms with E-state index in [2.05, 4.69) is 14.7 Å². The van der Waals surface area contributed by atoms with E-state index in [1.807, 2.05) is 18.3 Å². The Morgan fingerprint density at radius 3 is 3.00 bits per heavy atom. The number of pyridine rings is 1. The van der Waals surface area contributed by atoms with Crippen molar-refractivity contribution in [2.75, 3.05) is 17.6 Å². The van der Waals surface area contributed by atoms with E-state index < -0.39 is 0 Å². The lowest BCUT2D eigenvalue weighted by Crippen LogP contribution is -2.20.